The van der Waals surface area contributed by atoms with E-state index in [0.717, 1.165) is 10.2 Å². The number of hydrogen-bond donors (Lipinski definition) is 1. The fourth-order valence-corrected chi connectivity index (χ4v) is 2.96. The van der Waals surface area contributed by atoms with Crippen LogP contribution >= 0.6 is 27.7 Å². The zero-order chi connectivity index (χ0) is 18.4. The molecular formula is C17H16BrFN4O2S. The Kier molecular flexibility index (Phi) is 6.35. The molecular weight excluding hydrogens is 423 g/mol. The number of rotatable bonds is 8. The van der Waals surface area contributed by atoms with Crippen molar-refractivity contribution in [2.45, 2.75) is 11.8 Å². The minimum atomic E-state index is -0.316. The van der Waals surface area contributed by atoms with E-state index in [2.05, 4.69) is 26.1 Å². The molecule has 2 N–H and O–H groups in total. The third kappa shape index (κ3) is 5.12. The molecule has 3 rings (SSSR count). The first-order valence-electron chi connectivity index (χ1n) is 7.71. The fourth-order valence-electron chi connectivity index (χ4n) is 2.01. The van der Waals surface area contributed by atoms with E-state index >= 15 is 0 Å². The fraction of sp³-hybridized carbons (Fsp3) is 0.176. The molecule has 0 saturated carbocycles. The lowest BCUT2D eigenvalue weighted by Gasteiger charge is -2.07. The van der Waals surface area contributed by atoms with E-state index in [1.165, 1.54) is 28.6 Å². The summed E-state index contributed by atoms with van der Waals surface area (Å²) in [7, 11) is 0. The Labute approximate surface area is 162 Å². The predicted octanol–water partition coefficient (Wildman–Crippen LogP) is 3.64. The maximum atomic E-state index is 12.9. The third-order valence-corrected chi connectivity index (χ3v) is 4.75. The quantitative estimate of drug-likeness (QED) is 0.328. The van der Waals surface area contributed by atoms with E-state index in [9.17, 15) is 4.39 Å². The standard InChI is InChI=1S/C17H16BrFN4O2S/c18-12-1-5-14(6-2-12)24-9-10-26-17-22-21-16(23(17)20)11-25-15-7-3-13(19)4-8-15/h1-8H,9-11,20H2. The second-order valence-corrected chi connectivity index (χ2v) is 7.14. The maximum absolute atomic E-state index is 12.9. The van der Waals surface area contributed by atoms with Crippen LogP contribution in [0.15, 0.2) is 58.2 Å². The Balaban J connectivity index is 1.45. The average molecular weight is 439 g/mol. The number of thioether (sulfide) groups is 1. The highest BCUT2D eigenvalue weighted by Crippen LogP contribution is 2.19. The summed E-state index contributed by atoms with van der Waals surface area (Å²) in [6.07, 6.45) is 0. The molecule has 0 saturated heterocycles. The van der Waals surface area contributed by atoms with E-state index in [4.69, 9.17) is 15.3 Å². The summed E-state index contributed by atoms with van der Waals surface area (Å²) in [5.41, 5.74) is 0. The van der Waals surface area contributed by atoms with Crippen LogP contribution in [0.4, 0.5) is 4.39 Å². The summed E-state index contributed by atoms with van der Waals surface area (Å²) >= 11 is 4.82. The molecule has 0 unspecified atom stereocenters. The van der Waals surface area contributed by atoms with Crippen LogP contribution in [-0.2, 0) is 6.61 Å². The van der Waals surface area contributed by atoms with Crippen molar-refractivity contribution < 1.29 is 13.9 Å². The van der Waals surface area contributed by atoms with Crippen LogP contribution in [0.1, 0.15) is 5.82 Å². The molecule has 136 valence electrons. The summed E-state index contributed by atoms with van der Waals surface area (Å²) in [6.45, 7) is 0.658. The molecule has 26 heavy (non-hydrogen) atoms. The molecule has 0 fully saturated rings. The molecule has 0 aliphatic rings. The van der Waals surface area contributed by atoms with Gasteiger partial charge in [0.05, 0.1) is 6.61 Å². The summed E-state index contributed by atoms with van der Waals surface area (Å²) in [4.78, 5) is 0. The van der Waals surface area contributed by atoms with Crippen LogP contribution in [-0.4, -0.2) is 27.2 Å². The van der Waals surface area contributed by atoms with Crippen LogP contribution < -0.4 is 15.3 Å². The van der Waals surface area contributed by atoms with Crippen LogP contribution in [0.25, 0.3) is 0 Å². The number of nitrogen functional groups attached to an aromatic ring is 1. The van der Waals surface area contributed by atoms with Crippen LogP contribution in [0.5, 0.6) is 11.5 Å². The minimum Gasteiger partial charge on any atom is -0.493 e. The van der Waals surface area contributed by atoms with Gasteiger partial charge >= 0.3 is 0 Å². The first-order valence-corrected chi connectivity index (χ1v) is 9.48. The molecule has 0 bridgehead atoms. The van der Waals surface area contributed by atoms with Gasteiger partial charge in [0.25, 0.3) is 0 Å². The monoisotopic (exact) mass is 438 g/mol. The van der Waals surface area contributed by atoms with Crippen molar-refractivity contribution in [1.82, 2.24) is 14.9 Å². The largest absolute Gasteiger partial charge is 0.493 e. The van der Waals surface area contributed by atoms with Crippen molar-refractivity contribution in [2.75, 3.05) is 18.2 Å². The first-order chi connectivity index (χ1) is 12.6. The molecule has 6 nitrogen and oxygen atoms in total. The molecule has 0 aliphatic carbocycles. The summed E-state index contributed by atoms with van der Waals surface area (Å²) in [5, 5.41) is 8.64. The number of ether oxygens (including phenoxy) is 2. The van der Waals surface area contributed by atoms with Crippen molar-refractivity contribution in [2.24, 2.45) is 0 Å². The van der Waals surface area contributed by atoms with Crippen molar-refractivity contribution in [3.8, 4) is 11.5 Å². The lowest BCUT2D eigenvalue weighted by molar-refractivity contribution is 0.291. The first kappa shape index (κ1) is 18.5. The lowest BCUT2D eigenvalue weighted by atomic mass is 10.3. The number of nitrogens with two attached hydrogens (primary N) is 1. The van der Waals surface area contributed by atoms with E-state index in [1.807, 2.05) is 24.3 Å². The normalized spacial score (nSPS) is 10.7. The van der Waals surface area contributed by atoms with Gasteiger partial charge in [0.1, 0.15) is 23.9 Å². The molecule has 0 aliphatic heterocycles. The second kappa shape index (κ2) is 8.91. The molecule has 3 aromatic rings. The van der Waals surface area contributed by atoms with Gasteiger partial charge in [0.15, 0.2) is 5.82 Å². The van der Waals surface area contributed by atoms with Gasteiger partial charge in [0.2, 0.25) is 5.16 Å². The maximum Gasteiger partial charge on any atom is 0.210 e. The highest BCUT2D eigenvalue weighted by atomic mass is 79.9. The Morgan fingerprint density at radius 3 is 2.38 bits per heavy atom. The van der Waals surface area contributed by atoms with Gasteiger partial charge < -0.3 is 15.3 Å². The topological polar surface area (TPSA) is 75.2 Å². The lowest BCUT2D eigenvalue weighted by Crippen LogP contribution is -2.16. The van der Waals surface area contributed by atoms with E-state index in [1.54, 1.807) is 12.1 Å². The molecule has 0 spiro atoms. The number of benzene rings is 2. The number of aromatic nitrogens is 3. The molecule has 0 radical (unpaired) electrons. The summed E-state index contributed by atoms with van der Waals surface area (Å²) in [6, 6.07) is 13.4. The number of nitrogens with zero attached hydrogens (tertiary/aromatic N) is 3. The smallest absolute Gasteiger partial charge is 0.210 e. The Bertz CT molecular complexity index is 843. The van der Waals surface area contributed by atoms with E-state index in [0.29, 0.717) is 29.1 Å². The van der Waals surface area contributed by atoms with Gasteiger partial charge in [-0.15, -0.1) is 10.2 Å². The zero-order valence-corrected chi connectivity index (χ0v) is 16.0. The molecule has 0 atom stereocenters. The third-order valence-electron chi connectivity index (χ3n) is 3.31. The second-order valence-electron chi connectivity index (χ2n) is 5.16. The number of halogens is 2. The van der Waals surface area contributed by atoms with Crippen LogP contribution in [0, 0.1) is 5.82 Å². The Hall–Kier alpha value is -2.26. The highest BCUT2D eigenvalue weighted by Gasteiger charge is 2.11. The average Bonchev–Trinajstić information content (AvgIpc) is 3.00. The van der Waals surface area contributed by atoms with Crippen molar-refractivity contribution in [3.63, 3.8) is 0 Å². The van der Waals surface area contributed by atoms with Gasteiger partial charge in [-0.3, -0.25) is 0 Å². The van der Waals surface area contributed by atoms with Crippen molar-refractivity contribution in [1.29, 1.82) is 0 Å². The molecule has 2 aromatic carbocycles. The zero-order valence-electron chi connectivity index (χ0n) is 13.6. The van der Waals surface area contributed by atoms with Gasteiger partial charge in [-0.25, -0.2) is 9.07 Å². The Morgan fingerprint density at radius 1 is 1.00 bits per heavy atom. The number of hydrogen-bond acceptors (Lipinski definition) is 6. The van der Waals surface area contributed by atoms with Gasteiger partial charge in [-0.1, -0.05) is 27.7 Å². The highest BCUT2D eigenvalue weighted by molar-refractivity contribution is 9.10. The van der Waals surface area contributed by atoms with Crippen LogP contribution in [0.3, 0.4) is 0 Å². The van der Waals surface area contributed by atoms with Gasteiger partial charge in [-0.2, -0.15) is 0 Å². The predicted molar refractivity (Wildman–Crippen MR) is 101 cm³/mol. The van der Waals surface area contributed by atoms with Crippen LogP contribution in [0.2, 0.25) is 0 Å². The summed E-state index contributed by atoms with van der Waals surface area (Å²) < 4.78 is 26.4. The van der Waals surface area contributed by atoms with Gasteiger partial charge in [-0.05, 0) is 48.5 Å². The van der Waals surface area contributed by atoms with E-state index in [-0.39, 0.29) is 12.4 Å². The van der Waals surface area contributed by atoms with Gasteiger partial charge in [0, 0.05) is 10.2 Å². The van der Waals surface area contributed by atoms with E-state index < -0.39 is 0 Å². The summed E-state index contributed by atoms with van der Waals surface area (Å²) in [5.74, 6) is 8.15. The molecule has 9 heteroatoms. The minimum absolute atomic E-state index is 0.144. The SMILES string of the molecule is Nn1c(COc2ccc(F)cc2)nnc1SCCOc1ccc(Br)cc1. The van der Waals surface area contributed by atoms with Crippen molar-refractivity contribution >= 4 is 27.7 Å². The molecule has 0 amide bonds. The Morgan fingerprint density at radius 2 is 1.65 bits per heavy atom. The molecule has 1 heterocycles. The van der Waals surface area contributed by atoms with Crippen molar-refractivity contribution in [3.05, 3.63) is 64.6 Å². The molecule has 1 aromatic heterocycles.